The normalized spacial score (nSPS) is 29.9. The zero-order valence-corrected chi connectivity index (χ0v) is 10.1. The Balaban J connectivity index is 1.72. The Hall–Kier alpha value is -0.610. The minimum atomic E-state index is -0.572. The van der Waals surface area contributed by atoms with Crippen LogP contribution >= 0.6 is 0 Å². The van der Waals surface area contributed by atoms with E-state index in [1.54, 1.807) is 19.1 Å². The Morgan fingerprint density at radius 3 is 2.81 bits per heavy atom. The zero-order chi connectivity index (χ0) is 11.7. The maximum atomic E-state index is 12.0. The molecule has 2 aliphatic carbocycles. The highest BCUT2D eigenvalue weighted by Gasteiger charge is 2.51. The molecule has 2 rings (SSSR count). The molecular weight excluding hydrogens is 206 g/mol. The molecule has 0 saturated heterocycles. The van der Waals surface area contributed by atoms with E-state index in [2.05, 4.69) is 0 Å². The molecule has 0 heterocycles. The van der Waals surface area contributed by atoms with Crippen molar-refractivity contribution in [1.29, 1.82) is 0 Å². The van der Waals surface area contributed by atoms with Crippen LogP contribution in [0.4, 0.5) is 0 Å². The second-order valence-corrected chi connectivity index (χ2v) is 5.17. The third-order valence-corrected chi connectivity index (χ3v) is 3.60. The lowest BCUT2D eigenvalue weighted by Gasteiger charge is -2.20. The van der Waals surface area contributed by atoms with Crippen LogP contribution in [0.3, 0.4) is 0 Å². The summed E-state index contributed by atoms with van der Waals surface area (Å²) >= 11 is 0. The molecule has 0 aromatic heterocycles. The van der Waals surface area contributed by atoms with Gasteiger partial charge in [0.15, 0.2) is 0 Å². The lowest BCUT2D eigenvalue weighted by Crippen LogP contribution is -2.37. The van der Waals surface area contributed by atoms with E-state index in [0.717, 1.165) is 12.3 Å². The molecule has 92 valence electrons. The molecule has 0 bridgehead atoms. The third-order valence-electron chi connectivity index (χ3n) is 3.60. The van der Waals surface area contributed by atoms with E-state index in [-0.39, 0.29) is 18.4 Å². The largest absolute Gasteiger partial charge is 0.389 e. The van der Waals surface area contributed by atoms with Crippen molar-refractivity contribution in [1.82, 2.24) is 4.90 Å². The van der Waals surface area contributed by atoms with Gasteiger partial charge in [-0.05, 0) is 31.1 Å². The fourth-order valence-corrected chi connectivity index (χ4v) is 2.48. The van der Waals surface area contributed by atoms with Gasteiger partial charge < -0.3 is 14.7 Å². The highest BCUT2D eigenvalue weighted by Crippen LogP contribution is 2.54. The minimum absolute atomic E-state index is 0.201. The predicted octanol–water partition coefficient (Wildman–Crippen LogP) is 0.498. The van der Waals surface area contributed by atoms with Crippen LogP contribution in [0.5, 0.6) is 0 Å². The number of nitrogens with zero attached hydrogens (tertiary/aromatic N) is 1. The summed E-state index contributed by atoms with van der Waals surface area (Å²) in [4.78, 5) is 13.6. The number of amides is 1. The monoisotopic (exact) mass is 227 g/mol. The van der Waals surface area contributed by atoms with Gasteiger partial charge in [0, 0.05) is 26.6 Å². The van der Waals surface area contributed by atoms with Crippen LogP contribution in [0, 0.1) is 17.8 Å². The maximum Gasteiger partial charge on any atom is 0.225 e. The van der Waals surface area contributed by atoms with Crippen molar-refractivity contribution in [3.05, 3.63) is 0 Å². The summed E-state index contributed by atoms with van der Waals surface area (Å²) in [5.74, 6) is 1.92. The van der Waals surface area contributed by atoms with Gasteiger partial charge in [0.1, 0.15) is 0 Å². The second-order valence-electron chi connectivity index (χ2n) is 5.17. The van der Waals surface area contributed by atoms with Crippen molar-refractivity contribution < 1.29 is 14.6 Å². The molecule has 0 radical (unpaired) electrons. The Morgan fingerprint density at radius 1 is 1.56 bits per heavy atom. The SMILES string of the molecule is COCC(O)CN(C)C(=O)C1CC1C1CC1. The number of hydrogen-bond acceptors (Lipinski definition) is 3. The van der Waals surface area contributed by atoms with Crippen LogP contribution in [0.1, 0.15) is 19.3 Å². The number of ether oxygens (including phenoxy) is 1. The highest BCUT2D eigenvalue weighted by atomic mass is 16.5. The minimum Gasteiger partial charge on any atom is -0.389 e. The first-order chi connectivity index (χ1) is 7.63. The first kappa shape index (κ1) is 11.9. The van der Waals surface area contributed by atoms with E-state index in [1.807, 2.05) is 0 Å². The summed E-state index contributed by atoms with van der Waals surface area (Å²) in [7, 11) is 3.32. The average Bonchev–Trinajstić information content (AvgIpc) is 3.07. The van der Waals surface area contributed by atoms with Crippen LogP contribution in [0.2, 0.25) is 0 Å². The first-order valence-electron chi connectivity index (χ1n) is 6.05. The van der Waals surface area contributed by atoms with Crippen LogP contribution in [0.15, 0.2) is 0 Å². The maximum absolute atomic E-state index is 12.0. The molecule has 16 heavy (non-hydrogen) atoms. The Kier molecular flexibility index (Phi) is 3.50. The third kappa shape index (κ3) is 2.74. The molecule has 2 fully saturated rings. The lowest BCUT2D eigenvalue weighted by atomic mass is 10.2. The van der Waals surface area contributed by atoms with Gasteiger partial charge in [-0.3, -0.25) is 4.79 Å². The van der Waals surface area contributed by atoms with Crippen molar-refractivity contribution in [3.8, 4) is 0 Å². The summed E-state index contributed by atoms with van der Waals surface area (Å²) in [6.45, 7) is 0.662. The van der Waals surface area contributed by atoms with Crippen LogP contribution in [0.25, 0.3) is 0 Å². The van der Waals surface area contributed by atoms with Gasteiger partial charge in [0.05, 0.1) is 12.7 Å². The summed E-state index contributed by atoms with van der Waals surface area (Å²) in [5, 5.41) is 9.54. The number of aliphatic hydroxyl groups excluding tert-OH is 1. The average molecular weight is 227 g/mol. The van der Waals surface area contributed by atoms with Gasteiger partial charge in [-0.2, -0.15) is 0 Å². The molecule has 4 heteroatoms. The fraction of sp³-hybridized carbons (Fsp3) is 0.917. The molecular formula is C12H21NO3. The molecule has 4 nitrogen and oxygen atoms in total. The Morgan fingerprint density at radius 2 is 2.25 bits per heavy atom. The number of rotatable bonds is 6. The molecule has 3 unspecified atom stereocenters. The van der Waals surface area contributed by atoms with Gasteiger partial charge in [-0.1, -0.05) is 0 Å². The van der Waals surface area contributed by atoms with Crippen LogP contribution in [-0.4, -0.2) is 49.3 Å². The number of aliphatic hydroxyl groups is 1. The van der Waals surface area contributed by atoms with Crippen LogP contribution < -0.4 is 0 Å². The standard InChI is InChI=1S/C12H21NO3/c1-13(6-9(14)7-16-2)12(15)11-5-10(11)8-3-4-8/h8-11,14H,3-7H2,1-2H3. The second kappa shape index (κ2) is 4.72. The van der Waals surface area contributed by atoms with Crippen LogP contribution in [-0.2, 0) is 9.53 Å². The van der Waals surface area contributed by atoms with E-state index >= 15 is 0 Å². The topological polar surface area (TPSA) is 49.8 Å². The lowest BCUT2D eigenvalue weighted by molar-refractivity contribution is -0.133. The molecule has 1 N–H and O–H groups in total. The molecule has 2 saturated carbocycles. The van der Waals surface area contributed by atoms with Gasteiger partial charge in [0.2, 0.25) is 5.91 Å². The van der Waals surface area contributed by atoms with Crippen molar-refractivity contribution >= 4 is 5.91 Å². The van der Waals surface area contributed by atoms with Crippen molar-refractivity contribution in [2.45, 2.75) is 25.4 Å². The first-order valence-corrected chi connectivity index (χ1v) is 6.05. The summed E-state index contributed by atoms with van der Waals surface area (Å²) in [6, 6.07) is 0. The van der Waals surface area contributed by atoms with Gasteiger partial charge in [0.25, 0.3) is 0 Å². The summed E-state index contributed by atoms with van der Waals surface area (Å²) in [5.41, 5.74) is 0. The van der Waals surface area contributed by atoms with Crippen molar-refractivity contribution in [2.24, 2.45) is 17.8 Å². The van der Waals surface area contributed by atoms with E-state index in [4.69, 9.17) is 4.74 Å². The Labute approximate surface area is 96.6 Å². The molecule has 0 aromatic rings. The molecule has 0 aromatic carbocycles. The number of likely N-dealkylation sites (N-methyl/N-ethyl adjacent to an activating group) is 1. The molecule has 3 atom stereocenters. The summed E-state index contributed by atoms with van der Waals surface area (Å²) in [6.07, 6.45) is 3.11. The van der Waals surface area contributed by atoms with Crippen molar-refractivity contribution in [3.63, 3.8) is 0 Å². The summed E-state index contributed by atoms with van der Waals surface area (Å²) < 4.78 is 4.84. The number of carbonyl (C=O) groups excluding carboxylic acids is 1. The molecule has 1 amide bonds. The van der Waals surface area contributed by atoms with E-state index in [1.165, 1.54) is 12.8 Å². The van der Waals surface area contributed by atoms with E-state index < -0.39 is 6.10 Å². The molecule has 2 aliphatic rings. The number of methoxy groups -OCH3 is 1. The van der Waals surface area contributed by atoms with Gasteiger partial charge >= 0.3 is 0 Å². The Bertz CT molecular complexity index is 265. The fourth-order valence-electron chi connectivity index (χ4n) is 2.48. The smallest absolute Gasteiger partial charge is 0.225 e. The predicted molar refractivity (Wildman–Crippen MR) is 59.8 cm³/mol. The van der Waals surface area contributed by atoms with Gasteiger partial charge in [-0.25, -0.2) is 0 Å². The number of carbonyl (C=O) groups is 1. The highest BCUT2D eigenvalue weighted by molar-refractivity contribution is 5.81. The van der Waals surface area contributed by atoms with E-state index in [9.17, 15) is 9.90 Å². The number of hydrogen-bond donors (Lipinski definition) is 1. The van der Waals surface area contributed by atoms with Gasteiger partial charge in [-0.15, -0.1) is 0 Å². The van der Waals surface area contributed by atoms with Crippen molar-refractivity contribution in [2.75, 3.05) is 27.3 Å². The molecule has 0 aliphatic heterocycles. The van der Waals surface area contributed by atoms with E-state index in [0.29, 0.717) is 12.5 Å². The molecule has 0 spiro atoms. The zero-order valence-electron chi connectivity index (χ0n) is 10.1. The quantitative estimate of drug-likeness (QED) is 0.719.